The zero-order chi connectivity index (χ0) is 14.5. The maximum absolute atomic E-state index is 10.6. The third-order valence-corrected chi connectivity index (χ3v) is 5.12. The molecule has 0 spiro atoms. The van der Waals surface area contributed by atoms with Crippen molar-refractivity contribution in [3.05, 3.63) is 49.0 Å². The number of ether oxygens (including phenoxy) is 2. The van der Waals surface area contributed by atoms with Crippen LogP contribution in [0.3, 0.4) is 0 Å². The van der Waals surface area contributed by atoms with Crippen LogP contribution in [0, 0.1) is 0 Å². The summed E-state index contributed by atoms with van der Waals surface area (Å²) in [4.78, 5) is 0. The lowest BCUT2D eigenvalue weighted by Gasteiger charge is -2.16. The second kappa shape index (κ2) is 7.56. The number of hydrogen-bond acceptors (Lipinski definition) is 4. The number of rotatable bonds is 6. The van der Waals surface area contributed by atoms with Gasteiger partial charge >= 0.3 is 0 Å². The molecule has 0 saturated carbocycles. The van der Waals surface area contributed by atoms with Crippen LogP contribution in [-0.2, 0) is 4.74 Å². The summed E-state index contributed by atoms with van der Waals surface area (Å²) in [7, 11) is 1.63. The van der Waals surface area contributed by atoms with Gasteiger partial charge < -0.3 is 14.6 Å². The van der Waals surface area contributed by atoms with Crippen LogP contribution in [0.4, 0.5) is 0 Å². The molecule has 0 radical (unpaired) electrons. The summed E-state index contributed by atoms with van der Waals surface area (Å²) in [6, 6.07) is 9.40. The number of para-hydroxylation sites is 1. The van der Waals surface area contributed by atoms with Gasteiger partial charge in [0.2, 0.25) is 0 Å². The van der Waals surface area contributed by atoms with Crippen molar-refractivity contribution in [2.75, 3.05) is 20.3 Å². The molecule has 0 saturated heterocycles. The molecule has 1 N–H and O–H groups in total. The third-order valence-electron chi connectivity index (χ3n) is 2.74. The number of methoxy groups -OCH3 is 1. The van der Waals surface area contributed by atoms with E-state index in [-0.39, 0.29) is 0 Å². The minimum absolute atomic E-state index is 0.453. The fraction of sp³-hybridized carbons (Fsp3) is 0.286. The van der Waals surface area contributed by atoms with Crippen LogP contribution in [0.1, 0.15) is 17.2 Å². The minimum Gasteiger partial charge on any atom is -0.491 e. The Morgan fingerprint density at radius 1 is 1.20 bits per heavy atom. The number of aliphatic hydroxyl groups excluding tert-OH is 1. The zero-order valence-electron chi connectivity index (χ0n) is 10.8. The summed E-state index contributed by atoms with van der Waals surface area (Å²) in [5, 5.41) is 10.6. The molecule has 0 aliphatic carbocycles. The topological polar surface area (TPSA) is 38.7 Å². The largest absolute Gasteiger partial charge is 0.491 e. The predicted molar refractivity (Wildman–Crippen MR) is 87.6 cm³/mol. The Labute approximate surface area is 138 Å². The summed E-state index contributed by atoms with van der Waals surface area (Å²) < 4.78 is 12.5. The average molecular weight is 422 g/mol. The molecule has 1 aromatic heterocycles. The second-order valence-corrected chi connectivity index (χ2v) is 7.81. The van der Waals surface area contributed by atoms with Gasteiger partial charge in [-0.05, 0) is 44.0 Å². The van der Waals surface area contributed by atoms with E-state index < -0.39 is 6.10 Å². The van der Waals surface area contributed by atoms with Gasteiger partial charge in [-0.2, -0.15) is 0 Å². The first-order valence-corrected chi connectivity index (χ1v) is 8.37. The number of halogens is 2. The molecule has 1 atom stereocenters. The van der Waals surface area contributed by atoms with Crippen molar-refractivity contribution in [1.29, 1.82) is 0 Å². The highest BCUT2D eigenvalue weighted by molar-refractivity contribution is 9.12. The SMILES string of the molecule is COCCOc1ccccc1C(O)c1cc(Br)sc1Br. The van der Waals surface area contributed by atoms with Crippen molar-refractivity contribution >= 4 is 43.2 Å². The Morgan fingerprint density at radius 2 is 1.95 bits per heavy atom. The van der Waals surface area contributed by atoms with Gasteiger partial charge in [-0.15, -0.1) is 11.3 Å². The van der Waals surface area contributed by atoms with E-state index in [1.54, 1.807) is 7.11 Å². The highest BCUT2D eigenvalue weighted by atomic mass is 79.9. The summed E-state index contributed by atoms with van der Waals surface area (Å²) >= 11 is 8.43. The minimum atomic E-state index is -0.731. The molecule has 2 rings (SSSR count). The van der Waals surface area contributed by atoms with Crippen LogP contribution < -0.4 is 4.74 Å². The van der Waals surface area contributed by atoms with Crippen molar-refractivity contribution in [2.24, 2.45) is 0 Å². The molecule has 0 aliphatic rings. The van der Waals surface area contributed by atoms with E-state index >= 15 is 0 Å². The first kappa shape index (κ1) is 16.0. The summed E-state index contributed by atoms with van der Waals surface area (Å²) in [5.41, 5.74) is 1.57. The van der Waals surface area contributed by atoms with Crippen LogP contribution in [0.25, 0.3) is 0 Å². The maximum atomic E-state index is 10.6. The van der Waals surface area contributed by atoms with Crippen molar-refractivity contribution in [3.63, 3.8) is 0 Å². The van der Waals surface area contributed by atoms with Crippen LogP contribution in [-0.4, -0.2) is 25.4 Å². The van der Waals surface area contributed by atoms with E-state index in [9.17, 15) is 5.11 Å². The molecule has 3 nitrogen and oxygen atoms in total. The van der Waals surface area contributed by atoms with E-state index in [0.29, 0.717) is 19.0 Å². The molecule has 6 heteroatoms. The Balaban J connectivity index is 2.25. The quantitative estimate of drug-likeness (QED) is 0.703. The van der Waals surface area contributed by atoms with E-state index in [2.05, 4.69) is 31.9 Å². The van der Waals surface area contributed by atoms with Gasteiger partial charge in [0, 0.05) is 18.2 Å². The molecular formula is C14H14Br2O3S. The lowest BCUT2D eigenvalue weighted by Crippen LogP contribution is -2.08. The lowest BCUT2D eigenvalue weighted by atomic mass is 10.0. The van der Waals surface area contributed by atoms with Crippen LogP contribution in [0.5, 0.6) is 5.75 Å². The number of thiophene rings is 1. The first-order chi connectivity index (χ1) is 9.63. The summed E-state index contributed by atoms with van der Waals surface area (Å²) in [6.45, 7) is 0.965. The fourth-order valence-electron chi connectivity index (χ4n) is 1.78. The monoisotopic (exact) mass is 420 g/mol. The van der Waals surface area contributed by atoms with Crippen LogP contribution >= 0.6 is 43.2 Å². The zero-order valence-corrected chi connectivity index (χ0v) is 14.8. The summed E-state index contributed by atoms with van der Waals surface area (Å²) in [5.74, 6) is 0.672. The van der Waals surface area contributed by atoms with Crippen LogP contribution in [0.15, 0.2) is 37.9 Å². The molecule has 1 unspecified atom stereocenters. The normalized spacial score (nSPS) is 12.4. The van der Waals surface area contributed by atoms with Crippen molar-refractivity contribution in [1.82, 2.24) is 0 Å². The highest BCUT2D eigenvalue weighted by Crippen LogP contribution is 2.39. The lowest BCUT2D eigenvalue weighted by molar-refractivity contribution is 0.142. The second-order valence-electron chi connectivity index (χ2n) is 4.06. The molecule has 2 aromatic rings. The van der Waals surface area contributed by atoms with Crippen molar-refractivity contribution < 1.29 is 14.6 Å². The van der Waals surface area contributed by atoms with Gasteiger partial charge in [-0.3, -0.25) is 0 Å². The number of hydrogen-bond donors (Lipinski definition) is 1. The standard InChI is InChI=1S/C14H14Br2O3S/c1-18-6-7-19-11-5-3-2-4-9(11)13(17)10-8-12(15)20-14(10)16/h2-5,8,13,17H,6-7H2,1H3. The third kappa shape index (κ3) is 3.83. The molecular weight excluding hydrogens is 408 g/mol. The Kier molecular flexibility index (Phi) is 6.04. The molecule has 1 heterocycles. The van der Waals surface area contributed by atoms with E-state index in [4.69, 9.17) is 9.47 Å². The molecule has 0 fully saturated rings. The van der Waals surface area contributed by atoms with Crippen molar-refractivity contribution in [3.8, 4) is 5.75 Å². The Hall–Kier alpha value is -0.400. The van der Waals surface area contributed by atoms with Gasteiger partial charge in [0.1, 0.15) is 18.5 Å². The van der Waals surface area contributed by atoms with E-state index in [0.717, 1.165) is 18.7 Å². The van der Waals surface area contributed by atoms with Gasteiger partial charge in [0.25, 0.3) is 0 Å². The van der Waals surface area contributed by atoms with Crippen LogP contribution in [0.2, 0.25) is 0 Å². The van der Waals surface area contributed by atoms with E-state index in [1.807, 2.05) is 30.3 Å². The fourth-order valence-corrected chi connectivity index (χ4v) is 4.66. The van der Waals surface area contributed by atoms with Gasteiger partial charge in [0.05, 0.1) is 14.2 Å². The average Bonchev–Trinajstić information content (AvgIpc) is 2.78. The highest BCUT2D eigenvalue weighted by Gasteiger charge is 2.19. The molecule has 0 amide bonds. The smallest absolute Gasteiger partial charge is 0.125 e. The van der Waals surface area contributed by atoms with E-state index in [1.165, 1.54) is 11.3 Å². The van der Waals surface area contributed by atoms with Gasteiger partial charge in [-0.1, -0.05) is 18.2 Å². The molecule has 0 bridgehead atoms. The molecule has 0 aliphatic heterocycles. The van der Waals surface area contributed by atoms with Gasteiger partial charge in [0.15, 0.2) is 0 Å². The maximum Gasteiger partial charge on any atom is 0.125 e. The molecule has 108 valence electrons. The number of aliphatic hydroxyl groups is 1. The van der Waals surface area contributed by atoms with Gasteiger partial charge in [-0.25, -0.2) is 0 Å². The Morgan fingerprint density at radius 3 is 2.60 bits per heavy atom. The predicted octanol–water partition coefficient (Wildman–Crippen LogP) is 4.38. The van der Waals surface area contributed by atoms with Crippen molar-refractivity contribution in [2.45, 2.75) is 6.10 Å². The Bertz CT molecular complexity index is 571. The summed E-state index contributed by atoms with van der Waals surface area (Å²) in [6.07, 6.45) is -0.731. The molecule has 20 heavy (non-hydrogen) atoms. The molecule has 1 aromatic carbocycles. The first-order valence-electron chi connectivity index (χ1n) is 5.97. The number of benzene rings is 1.